The van der Waals surface area contributed by atoms with Crippen LogP contribution in [-0.2, 0) is 5.67 Å². The van der Waals surface area contributed by atoms with E-state index in [2.05, 4.69) is 0 Å². The van der Waals surface area contributed by atoms with E-state index in [1.807, 2.05) is 23.9 Å². The highest BCUT2D eigenvalue weighted by Crippen LogP contribution is 2.41. The lowest BCUT2D eigenvalue weighted by Gasteiger charge is -2.33. The van der Waals surface area contributed by atoms with Crippen molar-refractivity contribution in [3.63, 3.8) is 0 Å². The van der Waals surface area contributed by atoms with E-state index in [1.54, 1.807) is 19.1 Å². The fourth-order valence-corrected chi connectivity index (χ4v) is 3.55. The first kappa shape index (κ1) is 11.8. The molecule has 0 radical (unpaired) electrons. The van der Waals surface area contributed by atoms with Gasteiger partial charge in [0.1, 0.15) is 5.67 Å². The molecule has 1 nitrogen and oxygen atoms in total. The molecule has 16 heavy (non-hydrogen) atoms. The fraction of sp³-hybridized carbons (Fsp3) is 0.538. The van der Waals surface area contributed by atoms with Gasteiger partial charge in [0.25, 0.3) is 0 Å². The van der Waals surface area contributed by atoms with Crippen molar-refractivity contribution < 1.29 is 4.39 Å². The maximum atomic E-state index is 14.8. The monoisotopic (exact) mass is 239 g/mol. The third-order valence-corrected chi connectivity index (χ3v) is 4.59. The Morgan fingerprint density at radius 1 is 1.50 bits per heavy atom. The van der Waals surface area contributed by atoms with Crippen LogP contribution in [-0.4, -0.2) is 11.5 Å². The van der Waals surface area contributed by atoms with Gasteiger partial charge >= 0.3 is 0 Å². The van der Waals surface area contributed by atoms with E-state index >= 15 is 0 Å². The minimum Gasteiger partial charge on any atom is -0.399 e. The molecule has 1 fully saturated rings. The smallest absolute Gasteiger partial charge is 0.136 e. The van der Waals surface area contributed by atoms with E-state index in [4.69, 9.17) is 5.73 Å². The van der Waals surface area contributed by atoms with Crippen molar-refractivity contribution in [1.29, 1.82) is 0 Å². The summed E-state index contributed by atoms with van der Waals surface area (Å²) in [6.45, 7) is 1.69. The molecule has 0 bridgehead atoms. The number of nitrogens with two attached hydrogens (primary N) is 1. The van der Waals surface area contributed by atoms with E-state index in [0.717, 1.165) is 24.2 Å². The summed E-state index contributed by atoms with van der Waals surface area (Å²) in [7, 11) is 0. The van der Waals surface area contributed by atoms with Crippen molar-refractivity contribution in [1.82, 2.24) is 0 Å². The molecule has 2 unspecified atom stereocenters. The second-order valence-corrected chi connectivity index (χ2v) is 5.76. The maximum absolute atomic E-state index is 14.8. The highest BCUT2D eigenvalue weighted by molar-refractivity contribution is 7.99. The molecule has 1 aromatic carbocycles. The molecule has 3 heteroatoms. The molecule has 2 atom stereocenters. The van der Waals surface area contributed by atoms with E-state index in [-0.39, 0.29) is 5.92 Å². The summed E-state index contributed by atoms with van der Waals surface area (Å²) >= 11 is 1.86. The summed E-state index contributed by atoms with van der Waals surface area (Å²) < 4.78 is 14.8. The normalized spacial score (nSPS) is 25.0. The summed E-state index contributed by atoms with van der Waals surface area (Å²) in [4.78, 5) is 0. The van der Waals surface area contributed by atoms with Gasteiger partial charge in [0, 0.05) is 11.6 Å². The molecule has 2 rings (SSSR count). The van der Waals surface area contributed by atoms with Gasteiger partial charge in [-0.2, -0.15) is 11.8 Å². The van der Waals surface area contributed by atoms with Gasteiger partial charge in [-0.3, -0.25) is 0 Å². The standard InChI is InChI=1S/C13H18FNS/c1-13(14,11-5-3-7-16-9-11)10-4-2-6-12(15)8-10/h2,4,6,8,11H,3,5,7,9,15H2,1H3. The first-order valence-electron chi connectivity index (χ1n) is 5.73. The number of hydrogen-bond donors (Lipinski definition) is 1. The molecule has 1 aromatic rings. The largest absolute Gasteiger partial charge is 0.399 e. The lowest BCUT2D eigenvalue weighted by molar-refractivity contribution is 0.106. The average Bonchev–Trinajstić information content (AvgIpc) is 2.30. The third-order valence-electron chi connectivity index (χ3n) is 3.38. The minimum absolute atomic E-state index is 0.119. The van der Waals surface area contributed by atoms with Crippen LogP contribution in [0.25, 0.3) is 0 Å². The summed E-state index contributed by atoms with van der Waals surface area (Å²) in [5, 5.41) is 0. The second-order valence-electron chi connectivity index (χ2n) is 4.62. The fourth-order valence-electron chi connectivity index (χ4n) is 2.25. The van der Waals surface area contributed by atoms with E-state index < -0.39 is 5.67 Å². The van der Waals surface area contributed by atoms with Crippen molar-refractivity contribution in [3.05, 3.63) is 29.8 Å². The molecular weight excluding hydrogens is 221 g/mol. The molecule has 1 aliphatic heterocycles. The minimum atomic E-state index is -1.25. The molecule has 0 spiro atoms. The first-order chi connectivity index (χ1) is 7.60. The Labute approximate surface area is 101 Å². The van der Waals surface area contributed by atoms with Crippen LogP contribution in [0.2, 0.25) is 0 Å². The van der Waals surface area contributed by atoms with Gasteiger partial charge in [-0.25, -0.2) is 4.39 Å². The topological polar surface area (TPSA) is 26.0 Å². The molecule has 0 amide bonds. The quantitative estimate of drug-likeness (QED) is 0.798. The predicted molar refractivity (Wildman–Crippen MR) is 69.4 cm³/mol. The zero-order valence-corrected chi connectivity index (χ0v) is 10.4. The molecule has 2 N–H and O–H groups in total. The van der Waals surface area contributed by atoms with Crippen molar-refractivity contribution in [2.75, 3.05) is 17.2 Å². The Morgan fingerprint density at radius 2 is 2.31 bits per heavy atom. The lowest BCUT2D eigenvalue weighted by atomic mass is 9.82. The zero-order valence-electron chi connectivity index (χ0n) is 9.58. The number of thioether (sulfide) groups is 1. The maximum Gasteiger partial charge on any atom is 0.136 e. The highest BCUT2D eigenvalue weighted by atomic mass is 32.2. The molecule has 1 aliphatic rings. The Bertz CT molecular complexity index is 359. The number of alkyl halides is 1. The van der Waals surface area contributed by atoms with Crippen LogP contribution in [0.1, 0.15) is 25.3 Å². The predicted octanol–water partition coefficient (Wildman–Crippen LogP) is 3.60. The van der Waals surface area contributed by atoms with Crippen LogP contribution >= 0.6 is 11.8 Å². The molecule has 0 aromatic heterocycles. The Morgan fingerprint density at radius 3 is 2.94 bits per heavy atom. The van der Waals surface area contributed by atoms with E-state index in [9.17, 15) is 4.39 Å². The molecule has 88 valence electrons. The number of halogens is 1. The summed E-state index contributed by atoms with van der Waals surface area (Å²) in [5.41, 5.74) is 5.83. The van der Waals surface area contributed by atoms with Crippen LogP contribution in [0.15, 0.2) is 24.3 Å². The van der Waals surface area contributed by atoms with Crippen molar-refractivity contribution in [2.24, 2.45) is 5.92 Å². The zero-order chi connectivity index (χ0) is 11.6. The Hall–Kier alpha value is -0.700. The molecule has 0 saturated carbocycles. The lowest BCUT2D eigenvalue weighted by Crippen LogP contribution is -2.31. The number of benzene rings is 1. The number of hydrogen-bond acceptors (Lipinski definition) is 2. The number of nitrogen functional groups attached to an aromatic ring is 1. The molecule has 0 aliphatic carbocycles. The van der Waals surface area contributed by atoms with E-state index in [1.165, 1.54) is 5.75 Å². The van der Waals surface area contributed by atoms with Crippen LogP contribution in [0.5, 0.6) is 0 Å². The molecule has 1 heterocycles. The molecule has 1 saturated heterocycles. The van der Waals surface area contributed by atoms with Gasteiger partial charge in [0.15, 0.2) is 0 Å². The first-order valence-corrected chi connectivity index (χ1v) is 6.89. The summed E-state index contributed by atoms with van der Waals surface area (Å²) in [6, 6.07) is 7.24. The van der Waals surface area contributed by atoms with Crippen LogP contribution in [0.4, 0.5) is 10.1 Å². The number of anilines is 1. The van der Waals surface area contributed by atoms with Gasteiger partial charge in [-0.15, -0.1) is 0 Å². The summed E-state index contributed by atoms with van der Waals surface area (Å²) in [5.74, 6) is 2.21. The van der Waals surface area contributed by atoms with Crippen molar-refractivity contribution >= 4 is 17.4 Å². The van der Waals surface area contributed by atoms with Gasteiger partial charge in [0.05, 0.1) is 0 Å². The van der Waals surface area contributed by atoms with Crippen LogP contribution in [0, 0.1) is 5.92 Å². The van der Waals surface area contributed by atoms with Gasteiger partial charge < -0.3 is 5.73 Å². The summed E-state index contributed by atoms with van der Waals surface area (Å²) in [6.07, 6.45) is 2.10. The Kier molecular flexibility index (Phi) is 3.43. The highest BCUT2D eigenvalue weighted by Gasteiger charge is 2.36. The molecular formula is C13H18FNS. The Balaban J connectivity index is 2.22. The van der Waals surface area contributed by atoms with E-state index in [0.29, 0.717) is 5.69 Å². The SMILES string of the molecule is CC(F)(c1cccc(N)c1)C1CCCSC1. The van der Waals surface area contributed by atoms with Gasteiger partial charge in [-0.1, -0.05) is 12.1 Å². The second kappa shape index (κ2) is 4.66. The van der Waals surface area contributed by atoms with Crippen LogP contribution in [0.3, 0.4) is 0 Å². The van der Waals surface area contributed by atoms with Crippen molar-refractivity contribution in [3.8, 4) is 0 Å². The van der Waals surface area contributed by atoms with Gasteiger partial charge in [0.2, 0.25) is 0 Å². The number of rotatable bonds is 2. The average molecular weight is 239 g/mol. The van der Waals surface area contributed by atoms with Gasteiger partial charge in [-0.05, 0) is 49.0 Å². The third kappa shape index (κ3) is 2.34. The van der Waals surface area contributed by atoms with Crippen LogP contribution < -0.4 is 5.73 Å². The van der Waals surface area contributed by atoms with Crippen molar-refractivity contribution in [2.45, 2.75) is 25.4 Å².